The van der Waals surface area contributed by atoms with Crippen LogP contribution in [0.5, 0.6) is 5.75 Å². The van der Waals surface area contributed by atoms with E-state index in [2.05, 4.69) is 0 Å². The van der Waals surface area contributed by atoms with Gasteiger partial charge in [0.1, 0.15) is 0 Å². The predicted octanol–water partition coefficient (Wildman–Crippen LogP) is 4.60. The van der Waals surface area contributed by atoms with E-state index in [4.69, 9.17) is 26.1 Å². The summed E-state index contributed by atoms with van der Waals surface area (Å²) in [7, 11) is 1.66. The maximum Gasteiger partial charge on any atom is 0.260 e. The van der Waals surface area contributed by atoms with Crippen molar-refractivity contribution in [2.24, 2.45) is 11.8 Å². The lowest BCUT2D eigenvalue weighted by Gasteiger charge is -2.65. The molecular formula is C21H24ClO4-. The minimum Gasteiger partial charge on any atom is -0.871 e. The largest absolute Gasteiger partial charge is 0.871 e. The van der Waals surface area contributed by atoms with Crippen LogP contribution in [0.3, 0.4) is 0 Å². The molecule has 0 amide bonds. The summed E-state index contributed by atoms with van der Waals surface area (Å²) in [6, 6.07) is 5.04. The fourth-order valence-electron chi connectivity index (χ4n) is 6.04. The Hall–Kier alpha value is -1.07. The summed E-state index contributed by atoms with van der Waals surface area (Å²) >= 11 is 5.97. The molecule has 1 saturated heterocycles. The van der Waals surface area contributed by atoms with E-state index in [9.17, 15) is 5.11 Å². The molecule has 0 aromatic heterocycles. The molecule has 1 saturated carbocycles. The molecule has 3 aliphatic carbocycles. The maximum absolute atomic E-state index is 12.2. The molecule has 5 rings (SSSR count). The number of hydrogen-bond acceptors (Lipinski definition) is 4. The van der Waals surface area contributed by atoms with Crippen molar-refractivity contribution in [1.82, 2.24) is 0 Å². The van der Waals surface area contributed by atoms with Crippen LogP contribution in [0.15, 0.2) is 29.3 Å². The molecule has 140 valence electrons. The van der Waals surface area contributed by atoms with Crippen LogP contribution >= 0.6 is 11.6 Å². The van der Waals surface area contributed by atoms with Crippen LogP contribution in [0.25, 0.3) is 0 Å². The van der Waals surface area contributed by atoms with Crippen molar-refractivity contribution >= 4 is 11.6 Å². The van der Waals surface area contributed by atoms with Crippen LogP contribution in [0.2, 0.25) is 5.02 Å². The molecule has 4 unspecified atom stereocenters. The van der Waals surface area contributed by atoms with Gasteiger partial charge in [0.05, 0.1) is 0 Å². The molecule has 26 heavy (non-hydrogen) atoms. The van der Waals surface area contributed by atoms with Crippen molar-refractivity contribution in [2.75, 3.05) is 7.11 Å². The lowest BCUT2D eigenvalue weighted by molar-refractivity contribution is -0.639. The molecule has 0 radical (unpaired) electrons. The lowest BCUT2D eigenvalue weighted by Crippen LogP contribution is -2.74. The second-order valence-corrected chi connectivity index (χ2v) is 8.55. The van der Waals surface area contributed by atoms with Gasteiger partial charge in [0.25, 0.3) is 5.79 Å². The van der Waals surface area contributed by atoms with E-state index in [-0.39, 0.29) is 10.8 Å². The number of benzene rings is 1. The standard InChI is InChI=1S/C21H25ClO4/c1-24-21(15-9-10-18(22)19(23)12-15)20(25-26-21)14-6-4-8-17(20)16-7-3-2-5-13(16)11-14/h9-10,12,14,17,23H,2-8,11H2,1H3/p-1. The normalized spacial score (nSPS) is 38.8. The third-order valence-corrected chi connectivity index (χ3v) is 7.43. The Morgan fingerprint density at radius 2 is 2.00 bits per heavy atom. The molecule has 5 heteroatoms. The fraction of sp³-hybridized carbons (Fsp3) is 0.619. The van der Waals surface area contributed by atoms with Crippen molar-refractivity contribution in [3.05, 3.63) is 39.9 Å². The molecular weight excluding hydrogens is 352 g/mol. The molecule has 4 aliphatic rings. The summed E-state index contributed by atoms with van der Waals surface area (Å²) in [5.41, 5.74) is 3.42. The molecule has 1 spiro atoms. The lowest BCUT2D eigenvalue weighted by atomic mass is 9.53. The van der Waals surface area contributed by atoms with Crippen LogP contribution < -0.4 is 5.11 Å². The van der Waals surface area contributed by atoms with Gasteiger partial charge in [0.2, 0.25) is 0 Å². The van der Waals surface area contributed by atoms with Gasteiger partial charge in [-0.25, -0.2) is 4.89 Å². The van der Waals surface area contributed by atoms with Gasteiger partial charge >= 0.3 is 0 Å². The fourth-order valence-corrected chi connectivity index (χ4v) is 6.16. The highest BCUT2D eigenvalue weighted by Gasteiger charge is 2.75. The Balaban J connectivity index is 1.65. The van der Waals surface area contributed by atoms with Crippen molar-refractivity contribution < 1.29 is 19.6 Å². The predicted molar refractivity (Wildman–Crippen MR) is 95.4 cm³/mol. The SMILES string of the molecule is COC1(c2ccc(Cl)c([O-])c2)OOC12C1CCCC2C2=C(CCCC2)C1. The van der Waals surface area contributed by atoms with Gasteiger partial charge in [-0.2, -0.15) is 4.89 Å². The van der Waals surface area contributed by atoms with Crippen LogP contribution in [0.1, 0.15) is 56.9 Å². The Kier molecular flexibility index (Phi) is 3.91. The third kappa shape index (κ3) is 2.02. The average Bonchev–Trinajstić information content (AvgIpc) is 2.64. The first kappa shape index (κ1) is 17.1. The molecule has 2 bridgehead atoms. The monoisotopic (exact) mass is 375 g/mol. The van der Waals surface area contributed by atoms with Gasteiger partial charge in [-0.05, 0) is 51.0 Å². The van der Waals surface area contributed by atoms with Crippen LogP contribution in [0.4, 0.5) is 0 Å². The van der Waals surface area contributed by atoms with Gasteiger partial charge in [-0.1, -0.05) is 47.1 Å². The van der Waals surface area contributed by atoms with E-state index < -0.39 is 11.4 Å². The number of fused-ring (bicyclic) bond motifs is 1. The molecule has 2 fully saturated rings. The number of hydrogen-bond donors (Lipinski definition) is 0. The topological polar surface area (TPSA) is 50.8 Å². The van der Waals surface area contributed by atoms with Crippen molar-refractivity contribution in [3.8, 4) is 5.75 Å². The van der Waals surface area contributed by atoms with Gasteiger partial charge in [0.15, 0.2) is 5.60 Å². The van der Waals surface area contributed by atoms with E-state index in [0.717, 1.165) is 31.2 Å². The van der Waals surface area contributed by atoms with E-state index in [1.807, 2.05) is 6.07 Å². The molecule has 4 nitrogen and oxygen atoms in total. The number of halogens is 1. The number of ether oxygens (including phenoxy) is 1. The second kappa shape index (κ2) is 5.96. The van der Waals surface area contributed by atoms with Crippen LogP contribution in [0, 0.1) is 11.8 Å². The van der Waals surface area contributed by atoms with Crippen LogP contribution in [-0.4, -0.2) is 12.7 Å². The minimum absolute atomic E-state index is 0.204. The van der Waals surface area contributed by atoms with Crippen molar-refractivity contribution in [1.29, 1.82) is 0 Å². The zero-order valence-electron chi connectivity index (χ0n) is 15.1. The average molecular weight is 376 g/mol. The smallest absolute Gasteiger partial charge is 0.260 e. The molecule has 1 aliphatic heterocycles. The Morgan fingerprint density at radius 1 is 1.15 bits per heavy atom. The first-order valence-corrected chi connectivity index (χ1v) is 10.1. The number of allylic oxidation sites excluding steroid dienone is 1. The van der Waals surface area contributed by atoms with E-state index in [0.29, 0.717) is 11.8 Å². The maximum atomic E-state index is 12.2. The second-order valence-electron chi connectivity index (χ2n) is 8.15. The Morgan fingerprint density at radius 3 is 2.73 bits per heavy atom. The summed E-state index contributed by atoms with van der Waals surface area (Å²) < 4.78 is 6.01. The summed E-state index contributed by atoms with van der Waals surface area (Å²) in [5.74, 6) is -0.560. The highest BCUT2D eigenvalue weighted by Crippen LogP contribution is 2.66. The Labute approximate surface area is 159 Å². The number of methoxy groups -OCH3 is 1. The van der Waals surface area contributed by atoms with E-state index >= 15 is 0 Å². The van der Waals surface area contributed by atoms with Crippen molar-refractivity contribution in [2.45, 2.75) is 62.8 Å². The Bertz CT molecular complexity index is 771. The minimum atomic E-state index is -1.03. The van der Waals surface area contributed by atoms with Gasteiger partial charge in [-0.15, -0.1) is 0 Å². The zero-order valence-corrected chi connectivity index (χ0v) is 15.8. The van der Waals surface area contributed by atoms with Gasteiger partial charge < -0.3 is 9.84 Å². The first-order valence-electron chi connectivity index (χ1n) is 9.72. The first-order chi connectivity index (χ1) is 12.6. The quantitative estimate of drug-likeness (QED) is 0.559. The molecule has 0 N–H and O–H groups in total. The van der Waals surface area contributed by atoms with Crippen LogP contribution in [-0.2, 0) is 20.3 Å². The summed E-state index contributed by atoms with van der Waals surface area (Å²) in [6.45, 7) is 0. The van der Waals surface area contributed by atoms with E-state index in [1.54, 1.807) is 30.4 Å². The zero-order chi connectivity index (χ0) is 17.9. The summed E-state index contributed by atoms with van der Waals surface area (Å²) in [6.07, 6.45) is 9.43. The highest BCUT2D eigenvalue weighted by atomic mass is 35.5. The third-order valence-electron chi connectivity index (χ3n) is 7.12. The molecule has 1 aromatic carbocycles. The molecule has 1 aromatic rings. The molecule has 4 atom stereocenters. The van der Waals surface area contributed by atoms with E-state index in [1.165, 1.54) is 25.7 Å². The molecule has 1 heterocycles. The van der Waals surface area contributed by atoms with Crippen molar-refractivity contribution in [3.63, 3.8) is 0 Å². The van der Waals surface area contributed by atoms with Gasteiger partial charge in [0, 0.05) is 29.5 Å². The summed E-state index contributed by atoms with van der Waals surface area (Å²) in [5, 5.41) is 12.4. The highest BCUT2D eigenvalue weighted by molar-refractivity contribution is 6.31. The number of rotatable bonds is 2. The summed E-state index contributed by atoms with van der Waals surface area (Å²) in [4.78, 5) is 11.7. The van der Waals surface area contributed by atoms with Gasteiger partial charge in [-0.3, -0.25) is 0 Å².